The summed E-state index contributed by atoms with van der Waals surface area (Å²) in [4.78, 5) is 8.75. The summed E-state index contributed by atoms with van der Waals surface area (Å²) in [6.45, 7) is 0. The molecule has 0 aliphatic heterocycles. The lowest BCUT2D eigenvalue weighted by molar-refractivity contribution is 1.05. The van der Waals surface area contributed by atoms with Crippen molar-refractivity contribution in [1.82, 2.24) is 9.97 Å². The van der Waals surface area contributed by atoms with Crippen LogP contribution in [-0.2, 0) is 0 Å². The van der Waals surface area contributed by atoms with Crippen LogP contribution in [0.25, 0.3) is 0 Å². The number of anilines is 1. The van der Waals surface area contributed by atoms with E-state index in [-0.39, 0.29) is 0 Å². The van der Waals surface area contributed by atoms with Crippen molar-refractivity contribution in [3.63, 3.8) is 0 Å². The fraction of sp³-hybridized carbons (Fsp3) is 0. The van der Waals surface area contributed by atoms with E-state index in [1.54, 1.807) is 30.5 Å². The van der Waals surface area contributed by atoms with E-state index in [9.17, 15) is 0 Å². The normalized spacial score (nSPS) is 9.69. The molecule has 4 nitrogen and oxygen atoms in total. The van der Waals surface area contributed by atoms with Gasteiger partial charge in [-0.2, -0.15) is 5.26 Å². The van der Waals surface area contributed by atoms with Crippen molar-refractivity contribution < 1.29 is 0 Å². The second kappa shape index (κ2) is 4.64. The molecule has 0 saturated carbocycles. The van der Waals surface area contributed by atoms with Gasteiger partial charge in [0.25, 0.3) is 0 Å². The Morgan fingerprint density at radius 1 is 1.31 bits per heavy atom. The first kappa shape index (κ1) is 10.5. The van der Waals surface area contributed by atoms with E-state index in [2.05, 4.69) is 16.0 Å². The highest BCUT2D eigenvalue weighted by molar-refractivity contribution is 7.99. The van der Waals surface area contributed by atoms with Gasteiger partial charge in [-0.3, -0.25) is 0 Å². The van der Waals surface area contributed by atoms with Crippen LogP contribution in [0.3, 0.4) is 0 Å². The van der Waals surface area contributed by atoms with Gasteiger partial charge in [-0.05, 0) is 24.3 Å². The van der Waals surface area contributed by atoms with E-state index < -0.39 is 0 Å². The third kappa shape index (κ3) is 2.30. The molecule has 0 saturated heterocycles. The van der Waals surface area contributed by atoms with Crippen LogP contribution in [0.1, 0.15) is 5.56 Å². The average molecular weight is 228 g/mol. The predicted octanol–water partition coefficient (Wildman–Crippen LogP) is 2.08. The Kier molecular flexibility index (Phi) is 3.03. The van der Waals surface area contributed by atoms with Gasteiger partial charge in [0.15, 0.2) is 0 Å². The molecule has 2 N–H and O–H groups in total. The van der Waals surface area contributed by atoms with Gasteiger partial charge in [0, 0.05) is 16.8 Å². The lowest BCUT2D eigenvalue weighted by Crippen LogP contribution is -1.90. The van der Waals surface area contributed by atoms with Crippen LogP contribution in [0.15, 0.2) is 46.7 Å². The maximum atomic E-state index is 8.79. The molecule has 1 aromatic heterocycles. The summed E-state index contributed by atoms with van der Waals surface area (Å²) in [6, 6.07) is 9.04. The Morgan fingerprint density at radius 3 is 2.88 bits per heavy atom. The zero-order valence-electron chi connectivity index (χ0n) is 8.29. The summed E-state index contributed by atoms with van der Waals surface area (Å²) in [5.41, 5.74) is 7.05. The van der Waals surface area contributed by atoms with Crippen LogP contribution in [0.4, 0.5) is 5.69 Å². The van der Waals surface area contributed by atoms with Gasteiger partial charge in [0.2, 0.25) is 0 Å². The van der Waals surface area contributed by atoms with E-state index in [4.69, 9.17) is 11.0 Å². The number of nitrogens with zero attached hydrogens (tertiary/aromatic N) is 3. The predicted molar refractivity (Wildman–Crippen MR) is 61.7 cm³/mol. The Hall–Kier alpha value is -2.06. The minimum Gasteiger partial charge on any atom is -0.398 e. The molecule has 0 amide bonds. The van der Waals surface area contributed by atoms with Gasteiger partial charge < -0.3 is 5.73 Å². The molecule has 0 bridgehead atoms. The topological polar surface area (TPSA) is 75.6 Å². The van der Waals surface area contributed by atoms with Crippen LogP contribution < -0.4 is 5.73 Å². The van der Waals surface area contributed by atoms with Crippen molar-refractivity contribution in [3.8, 4) is 6.07 Å². The van der Waals surface area contributed by atoms with E-state index in [1.165, 1.54) is 18.1 Å². The summed E-state index contributed by atoms with van der Waals surface area (Å²) in [6.07, 6.45) is 3.15. The number of benzene rings is 1. The Balaban J connectivity index is 2.31. The molecule has 2 aromatic rings. The monoisotopic (exact) mass is 228 g/mol. The minimum atomic E-state index is 0.589. The van der Waals surface area contributed by atoms with Gasteiger partial charge in [0.1, 0.15) is 11.4 Å². The molecule has 0 aliphatic carbocycles. The highest BCUT2D eigenvalue weighted by Crippen LogP contribution is 2.30. The summed E-state index contributed by atoms with van der Waals surface area (Å²) in [5.74, 6) is 0. The van der Waals surface area contributed by atoms with Crippen LogP contribution in [0.5, 0.6) is 0 Å². The molecular formula is C11H8N4S. The molecule has 0 atom stereocenters. The Morgan fingerprint density at radius 2 is 2.19 bits per heavy atom. The molecule has 0 unspecified atom stereocenters. The lowest BCUT2D eigenvalue weighted by atomic mass is 10.2. The molecule has 16 heavy (non-hydrogen) atoms. The maximum Gasteiger partial charge on any atom is 0.116 e. The van der Waals surface area contributed by atoms with Crippen molar-refractivity contribution in [2.24, 2.45) is 0 Å². The fourth-order valence-electron chi connectivity index (χ4n) is 1.14. The second-order valence-electron chi connectivity index (χ2n) is 3.01. The van der Waals surface area contributed by atoms with E-state index in [1.807, 2.05) is 0 Å². The minimum absolute atomic E-state index is 0.589. The van der Waals surface area contributed by atoms with Crippen molar-refractivity contribution in [2.45, 2.75) is 9.92 Å². The first-order chi connectivity index (χ1) is 7.79. The number of aromatic nitrogens is 2. The van der Waals surface area contributed by atoms with Gasteiger partial charge in [-0.1, -0.05) is 11.8 Å². The summed E-state index contributed by atoms with van der Waals surface area (Å²) in [7, 11) is 0. The highest BCUT2D eigenvalue weighted by Gasteiger charge is 2.04. The third-order valence-electron chi connectivity index (χ3n) is 1.91. The number of hydrogen-bond acceptors (Lipinski definition) is 5. The van der Waals surface area contributed by atoms with Crippen LogP contribution in [0, 0.1) is 11.3 Å². The molecular weight excluding hydrogens is 220 g/mol. The third-order valence-corrected chi connectivity index (χ3v) is 2.94. The van der Waals surface area contributed by atoms with Crippen molar-refractivity contribution in [2.75, 3.05) is 5.73 Å². The number of hydrogen-bond donors (Lipinski definition) is 1. The zero-order chi connectivity index (χ0) is 11.4. The number of nitrogen functional groups attached to an aromatic ring is 1. The average Bonchev–Trinajstić information content (AvgIpc) is 2.33. The number of nitriles is 1. The molecule has 0 aliphatic rings. The summed E-state index contributed by atoms with van der Waals surface area (Å²) in [5, 5.41) is 9.60. The fourth-order valence-corrected chi connectivity index (χ4v) is 1.97. The van der Waals surface area contributed by atoms with E-state index in [0.29, 0.717) is 11.3 Å². The molecule has 2 rings (SSSR count). The number of rotatable bonds is 2. The maximum absolute atomic E-state index is 8.79. The highest BCUT2D eigenvalue weighted by atomic mass is 32.2. The Bertz CT molecular complexity index is 533. The molecule has 1 heterocycles. The second-order valence-corrected chi connectivity index (χ2v) is 4.08. The first-order valence-corrected chi connectivity index (χ1v) is 5.35. The van der Waals surface area contributed by atoms with Crippen LogP contribution >= 0.6 is 11.8 Å². The standard InChI is InChI=1S/C11H8N4S/c12-6-8-1-2-9(13)10(5-8)16-11-3-4-14-7-15-11/h1-5,7H,13H2. The summed E-state index contributed by atoms with van der Waals surface area (Å²) >= 11 is 1.42. The van der Waals surface area contributed by atoms with Gasteiger partial charge in [-0.15, -0.1) is 0 Å². The molecule has 0 fully saturated rings. The molecule has 0 spiro atoms. The van der Waals surface area contributed by atoms with Gasteiger partial charge in [-0.25, -0.2) is 9.97 Å². The van der Waals surface area contributed by atoms with Gasteiger partial charge >= 0.3 is 0 Å². The first-order valence-electron chi connectivity index (χ1n) is 4.53. The van der Waals surface area contributed by atoms with Crippen molar-refractivity contribution in [1.29, 1.82) is 5.26 Å². The molecule has 78 valence electrons. The Labute approximate surface area is 97.1 Å². The molecule has 1 aromatic carbocycles. The van der Waals surface area contributed by atoms with Gasteiger partial charge in [0.05, 0.1) is 11.6 Å². The smallest absolute Gasteiger partial charge is 0.116 e. The van der Waals surface area contributed by atoms with Crippen molar-refractivity contribution in [3.05, 3.63) is 42.4 Å². The SMILES string of the molecule is N#Cc1ccc(N)c(Sc2ccncn2)c1. The van der Waals surface area contributed by atoms with Crippen LogP contribution in [-0.4, -0.2) is 9.97 Å². The quantitative estimate of drug-likeness (QED) is 0.629. The van der Waals surface area contributed by atoms with Crippen LogP contribution in [0.2, 0.25) is 0 Å². The number of nitrogens with two attached hydrogens (primary N) is 1. The zero-order valence-corrected chi connectivity index (χ0v) is 9.11. The molecule has 5 heteroatoms. The van der Waals surface area contributed by atoms with E-state index in [0.717, 1.165) is 9.92 Å². The molecule has 0 radical (unpaired) electrons. The summed E-state index contributed by atoms with van der Waals surface area (Å²) < 4.78 is 0. The largest absolute Gasteiger partial charge is 0.398 e. The van der Waals surface area contributed by atoms with Crippen molar-refractivity contribution >= 4 is 17.4 Å². The van der Waals surface area contributed by atoms with E-state index >= 15 is 0 Å². The lowest BCUT2D eigenvalue weighted by Gasteiger charge is -2.04.